The van der Waals surface area contributed by atoms with E-state index in [0.29, 0.717) is 12.1 Å². The molecule has 1 aromatic carbocycles. The number of carboxylic acid groups (broad SMARTS) is 1. The number of hydrogen-bond acceptors (Lipinski definition) is 3. The van der Waals surface area contributed by atoms with Gasteiger partial charge < -0.3 is 15.2 Å². The van der Waals surface area contributed by atoms with Crippen LogP contribution >= 0.6 is 0 Å². The smallest absolute Gasteiger partial charge is 0.328 e. The molecule has 0 radical (unpaired) electrons. The predicted molar refractivity (Wildman–Crippen MR) is 79.0 cm³/mol. The maximum atomic E-state index is 12.0. The summed E-state index contributed by atoms with van der Waals surface area (Å²) in [6.45, 7) is 3.24. The molecule has 0 spiro atoms. The number of amides is 1. The van der Waals surface area contributed by atoms with Crippen molar-refractivity contribution in [2.75, 3.05) is 13.2 Å². The largest absolute Gasteiger partial charge is 0.478 e. The molecule has 1 aliphatic heterocycles. The highest BCUT2D eigenvalue weighted by Crippen LogP contribution is 2.23. The van der Waals surface area contributed by atoms with Crippen molar-refractivity contribution in [1.82, 2.24) is 5.32 Å². The summed E-state index contributed by atoms with van der Waals surface area (Å²) in [7, 11) is 0. The Morgan fingerprint density at radius 2 is 2.10 bits per heavy atom. The molecule has 2 rings (SSSR count). The zero-order valence-corrected chi connectivity index (χ0v) is 12.0. The zero-order valence-electron chi connectivity index (χ0n) is 12.0. The molecule has 1 atom stereocenters. The standard InChI is InChI=1S/C16H19NO4/c1-16(9-2-10-21-16)11-17-15(20)13-6-3-12(4-7-13)5-8-14(18)19/h3-8H,2,9-11H2,1H3,(H,17,20)(H,18,19)/b8-5+. The molecule has 2 N–H and O–H groups in total. The van der Waals surface area contributed by atoms with Crippen LogP contribution in [0.2, 0.25) is 0 Å². The van der Waals surface area contributed by atoms with E-state index in [1.54, 1.807) is 24.3 Å². The van der Waals surface area contributed by atoms with Gasteiger partial charge in [0, 0.05) is 24.8 Å². The maximum Gasteiger partial charge on any atom is 0.328 e. The second-order valence-corrected chi connectivity index (χ2v) is 5.38. The second-order valence-electron chi connectivity index (χ2n) is 5.38. The number of hydrogen-bond donors (Lipinski definition) is 2. The van der Waals surface area contributed by atoms with Crippen LogP contribution in [0, 0.1) is 0 Å². The number of benzene rings is 1. The number of aliphatic carboxylic acids is 1. The molecule has 0 aliphatic carbocycles. The van der Waals surface area contributed by atoms with Crippen LogP contribution in [-0.2, 0) is 9.53 Å². The fraction of sp³-hybridized carbons (Fsp3) is 0.375. The summed E-state index contributed by atoms with van der Waals surface area (Å²) in [5, 5.41) is 11.4. The quantitative estimate of drug-likeness (QED) is 0.814. The van der Waals surface area contributed by atoms with Crippen LogP contribution in [0.5, 0.6) is 0 Å². The summed E-state index contributed by atoms with van der Waals surface area (Å²) in [6, 6.07) is 6.77. The van der Waals surface area contributed by atoms with E-state index in [2.05, 4.69) is 5.32 Å². The van der Waals surface area contributed by atoms with Crippen molar-refractivity contribution in [3.05, 3.63) is 41.5 Å². The van der Waals surface area contributed by atoms with E-state index in [9.17, 15) is 9.59 Å². The van der Waals surface area contributed by atoms with Crippen LogP contribution in [0.3, 0.4) is 0 Å². The van der Waals surface area contributed by atoms with Gasteiger partial charge in [0.15, 0.2) is 0 Å². The van der Waals surface area contributed by atoms with Crippen molar-refractivity contribution in [2.45, 2.75) is 25.4 Å². The molecule has 1 unspecified atom stereocenters. The highest BCUT2D eigenvalue weighted by Gasteiger charge is 2.30. The zero-order chi connectivity index (χ0) is 15.3. The molecular formula is C16H19NO4. The summed E-state index contributed by atoms with van der Waals surface area (Å²) in [6.07, 6.45) is 4.52. The van der Waals surface area contributed by atoms with Crippen molar-refractivity contribution >= 4 is 18.0 Å². The fourth-order valence-electron chi connectivity index (χ4n) is 2.26. The molecule has 21 heavy (non-hydrogen) atoms. The fourth-order valence-corrected chi connectivity index (χ4v) is 2.26. The lowest BCUT2D eigenvalue weighted by Crippen LogP contribution is -2.40. The molecule has 5 nitrogen and oxygen atoms in total. The summed E-state index contributed by atoms with van der Waals surface area (Å²) < 4.78 is 5.62. The molecule has 112 valence electrons. The Kier molecular flexibility index (Phi) is 4.75. The van der Waals surface area contributed by atoms with Gasteiger partial charge in [-0.1, -0.05) is 12.1 Å². The van der Waals surface area contributed by atoms with Gasteiger partial charge in [-0.15, -0.1) is 0 Å². The van der Waals surface area contributed by atoms with Crippen LogP contribution in [0.4, 0.5) is 0 Å². The van der Waals surface area contributed by atoms with Crippen LogP contribution in [-0.4, -0.2) is 35.7 Å². The monoisotopic (exact) mass is 289 g/mol. The Morgan fingerprint density at radius 3 is 2.67 bits per heavy atom. The Labute approximate surface area is 123 Å². The number of rotatable bonds is 5. The lowest BCUT2D eigenvalue weighted by molar-refractivity contribution is -0.131. The minimum absolute atomic E-state index is 0.152. The van der Waals surface area contributed by atoms with Crippen molar-refractivity contribution in [3.63, 3.8) is 0 Å². The first-order valence-electron chi connectivity index (χ1n) is 6.92. The average molecular weight is 289 g/mol. The Bertz CT molecular complexity index is 542. The molecular weight excluding hydrogens is 270 g/mol. The summed E-state index contributed by atoms with van der Waals surface area (Å²) in [4.78, 5) is 22.5. The topological polar surface area (TPSA) is 75.6 Å². The number of nitrogens with one attached hydrogen (secondary N) is 1. The van der Waals surface area contributed by atoms with E-state index in [1.807, 2.05) is 6.92 Å². The molecule has 1 amide bonds. The maximum absolute atomic E-state index is 12.0. The van der Waals surface area contributed by atoms with Gasteiger partial charge in [0.05, 0.1) is 5.60 Å². The van der Waals surface area contributed by atoms with Gasteiger partial charge in [-0.2, -0.15) is 0 Å². The molecule has 1 saturated heterocycles. The van der Waals surface area contributed by atoms with Crippen LogP contribution in [0.25, 0.3) is 6.08 Å². The molecule has 1 fully saturated rings. The van der Waals surface area contributed by atoms with Crippen molar-refractivity contribution in [3.8, 4) is 0 Å². The van der Waals surface area contributed by atoms with Gasteiger partial charge >= 0.3 is 5.97 Å². The SMILES string of the molecule is CC1(CNC(=O)c2ccc(/C=C/C(=O)O)cc2)CCCO1. The van der Waals surface area contributed by atoms with Crippen molar-refractivity contribution in [2.24, 2.45) is 0 Å². The molecule has 1 aromatic rings. The van der Waals surface area contributed by atoms with Gasteiger partial charge in [-0.05, 0) is 43.5 Å². The Balaban J connectivity index is 1.92. The molecule has 0 bridgehead atoms. The van der Waals surface area contributed by atoms with Gasteiger partial charge in [-0.25, -0.2) is 4.79 Å². The van der Waals surface area contributed by atoms with E-state index < -0.39 is 5.97 Å². The van der Waals surface area contributed by atoms with E-state index in [0.717, 1.165) is 31.1 Å². The summed E-state index contributed by atoms with van der Waals surface area (Å²) in [5.74, 6) is -1.15. The normalized spacial score (nSPS) is 21.6. The van der Waals surface area contributed by atoms with Gasteiger partial charge in [0.1, 0.15) is 0 Å². The summed E-state index contributed by atoms with van der Waals surface area (Å²) >= 11 is 0. The Morgan fingerprint density at radius 1 is 1.38 bits per heavy atom. The van der Waals surface area contributed by atoms with Gasteiger partial charge in [0.2, 0.25) is 0 Å². The average Bonchev–Trinajstić information content (AvgIpc) is 2.90. The first-order valence-corrected chi connectivity index (χ1v) is 6.92. The third kappa shape index (κ3) is 4.43. The van der Waals surface area contributed by atoms with E-state index in [4.69, 9.17) is 9.84 Å². The molecule has 5 heteroatoms. The third-order valence-electron chi connectivity index (χ3n) is 3.51. The number of carboxylic acids is 1. The van der Waals surface area contributed by atoms with E-state index >= 15 is 0 Å². The number of ether oxygens (including phenoxy) is 1. The van der Waals surface area contributed by atoms with Crippen molar-refractivity contribution < 1.29 is 19.4 Å². The van der Waals surface area contributed by atoms with Gasteiger partial charge in [0.25, 0.3) is 5.91 Å². The first kappa shape index (κ1) is 15.3. The van der Waals surface area contributed by atoms with Crippen LogP contribution < -0.4 is 5.32 Å². The third-order valence-corrected chi connectivity index (χ3v) is 3.51. The Hall–Kier alpha value is -2.14. The van der Waals surface area contributed by atoms with Crippen molar-refractivity contribution in [1.29, 1.82) is 0 Å². The minimum Gasteiger partial charge on any atom is -0.478 e. The van der Waals surface area contributed by atoms with E-state index in [1.165, 1.54) is 6.08 Å². The first-order chi connectivity index (χ1) is 9.98. The number of carbonyl (C=O) groups excluding carboxylic acids is 1. The van der Waals surface area contributed by atoms with Crippen LogP contribution in [0.1, 0.15) is 35.7 Å². The molecule has 0 aromatic heterocycles. The molecule has 1 aliphatic rings. The lowest BCUT2D eigenvalue weighted by atomic mass is 10.0. The number of carbonyl (C=O) groups is 2. The lowest BCUT2D eigenvalue weighted by Gasteiger charge is -2.23. The minimum atomic E-state index is -0.998. The molecule has 0 saturated carbocycles. The van der Waals surface area contributed by atoms with E-state index in [-0.39, 0.29) is 11.5 Å². The predicted octanol–water partition coefficient (Wildman–Crippen LogP) is 2.08. The van der Waals surface area contributed by atoms with Crippen LogP contribution in [0.15, 0.2) is 30.3 Å². The highest BCUT2D eigenvalue weighted by atomic mass is 16.5. The van der Waals surface area contributed by atoms with Gasteiger partial charge in [-0.3, -0.25) is 4.79 Å². The summed E-state index contributed by atoms with van der Waals surface area (Å²) in [5.41, 5.74) is 1.02. The highest BCUT2D eigenvalue weighted by molar-refractivity contribution is 5.94. The molecule has 1 heterocycles. The second kappa shape index (κ2) is 6.54.